The van der Waals surface area contributed by atoms with Crippen molar-refractivity contribution in [2.45, 2.75) is 13.0 Å². The van der Waals surface area contributed by atoms with E-state index in [0.717, 1.165) is 26.2 Å². The number of carbonyl (C=O) groups is 1. The monoisotopic (exact) mass is 391 g/mol. The fourth-order valence-corrected chi connectivity index (χ4v) is 3.59. The summed E-state index contributed by atoms with van der Waals surface area (Å²) in [4.78, 5) is 17.2. The van der Waals surface area contributed by atoms with E-state index in [-0.39, 0.29) is 11.9 Å². The molecule has 1 atom stereocenters. The molecule has 0 saturated carbocycles. The molecule has 3 rings (SSSR count). The van der Waals surface area contributed by atoms with Crippen LogP contribution in [-0.2, 0) is 0 Å². The summed E-state index contributed by atoms with van der Waals surface area (Å²) in [5.41, 5.74) is 1.68. The Labute approximate surface area is 164 Å². The quantitative estimate of drug-likeness (QED) is 0.838. The highest BCUT2D eigenvalue weighted by Crippen LogP contribution is 2.25. The second kappa shape index (κ2) is 8.76. The van der Waals surface area contributed by atoms with E-state index in [2.05, 4.69) is 46.3 Å². The maximum Gasteiger partial charge on any atom is 0.252 e. The molecule has 1 fully saturated rings. The first-order valence-electron chi connectivity index (χ1n) is 8.82. The lowest BCUT2D eigenvalue weighted by atomic mass is 10.2. The van der Waals surface area contributed by atoms with Crippen LogP contribution < -0.4 is 10.2 Å². The summed E-state index contributed by atoms with van der Waals surface area (Å²) in [5.74, 6) is -0.188. The minimum Gasteiger partial charge on any atom is -0.369 e. The Morgan fingerprint density at radius 1 is 1.04 bits per heavy atom. The summed E-state index contributed by atoms with van der Waals surface area (Å²) in [7, 11) is 0. The molecule has 0 spiro atoms. The van der Waals surface area contributed by atoms with E-state index in [1.54, 1.807) is 18.2 Å². The summed E-state index contributed by atoms with van der Waals surface area (Å²) < 4.78 is 0. The number of nitrogens with one attached hydrogen (secondary N) is 1. The topological polar surface area (TPSA) is 35.6 Å². The van der Waals surface area contributed by atoms with Gasteiger partial charge in [0.15, 0.2) is 0 Å². The van der Waals surface area contributed by atoms with E-state index < -0.39 is 0 Å². The van der Waals surface area contributed by atoms with Gasteiger partial charge in [-0.25, -0.2) is 0 Å². The van der Waals surface area contributed by atoms with Crippen molar-refractivity contribution in [2.24, 2.45) is 0 Å². The second-order valence-corrected chi connectivity index (χ2v) is 7.30. The Hall–Kier alpha value is -1.75. The van der Waals surface area contributed by atoms with Crippen molar-refractivity contribution in [1.82, 2.24) is 10.2 Å². The van der Waals surface area contributed by atoms with Crippen molar-refractivity contribution in [3.63, 3.8) is 0 Å². The molecule has 1 amide bonds. The number of halogens is 2. The molecule has 0 aliphatic carbocycles. The van der Waals surface area contributed by atoms with Crippen LogP contribution in [0, 0.1) is 0 Å². The Morgan fingerprint density at radius 2 is 1.73 bits per heavy atom. The molecular formula is C20H23Cl2N3O. The van der Waals surface area contributed by atoms with Gasteiger partial charge in [-0.05, 0) is 31.2 Å². The first-order chi connectivity index (χ1) is 12.6. The molecule has 1 unspecified atom stereocenters. The molecule has 2 aromatic carbocycles. The minimum absolute atomic E-state index is 0.188. The van der Waals surface area contributed by atoms with E-state index in [4.69, 9.17) is 23.2 Å². The first kappa shape index (κ1) is 19.0. The zero-order valence-corrected chi connectivity index (χ0v) is 16.3. The fourth-order valence-electron chi connectivity index (χ4n) is 3.20. The minimum atomic E-state index is -0.188. The van der Waals surface area contributed by atoms with Crippen molar-refractivity contribution in [3.05, 3.63) is 64.1 Å². The van der Waals surface area contributed by atoms with Gasteiger partial charge in [0.2, 0.25) is 0 Å². The van der Waals surface area contributed by atoms with Crippen LogP contribution in [0.3, 0.4) is 0 Å². The van der Waals surface area contributed by atoms with E-state index in [1.165, 1.54) is 5.69 Å². The molecule has 1 saturated heterocycles. The average molecular weight is 392 g/mol. The van der Waals surface area contributed by atoms with Crippen LogP contribution in [0.15, 0.2) is 48.5 Å². The van der Waals surface area contributed by atoms with Crippen LogP contribution in [0.1, 0.15) is 17.3 Å². The molecule has 6 heteroatoms. The van der Waals surface area contributed by atoms with E-state index >= 15 is 0 Å². The molecule has 1 aliphatic heterocycles. The highest BCUT2D eigenvalue weighted by atomic mass is 35.5. The number of amides is 1. The lowest BCUT2D eigenvalue weighted by Crippen LogP contribution is -2.52. The molecule has 1 heterocycles. The van der Waals surface area contributed by atoms with Crippen molar-refractivity contribution < 1.29 is 4.79 Å². The zero-order valence-electron chi connectivity index (χ0n) is 14.8. The van der Waals surface area contributed by atoms with E-state index in [9.17, 15) is 4.79 Å². The Morgan fingerprint density at radius 3 is 2.42 bits per heavy atom. The summed E-state index contributed by atoms with van der Waals surface area (Å²) in [6, 6.07) is 15.8. The van der Waals surface area contributed by atoms with E-state index in [0.29, 0.717) is 22.2 Å². The first-order valence-corrected chi connectivity index (χ1v) is 9.58. The van der Waals surface area contributed by atoms with Gasteiger partial charge < -0.3 is 10.2 Å². The fraction of sp³-hybridized carbons (Fsp3) is 0.350. The number of carbonyl (C=O) groups excluding carboxylic acids is 1. The average Bonchev–Trinajstić information content (AvgIpc) is 2.69. The van der Waals surface area contributed by atoms with Crippen molar-refractivity contribution in [1.29, 1.82) is 0 Å². The number of hydrogen-bond donors (Lipinski definition) is 1. The summed E-state index contributed by atoms with van der Waals surface area (Å²) >= 11 is 12.1. The number of benzene rings is 2. The van der Waals surface area contributed by atoms with Crippen molar-refractivity contribution in [2.75, 3.05) is 37.6 Å². The summed E-state index contributed by atoms with van der Waals surface area (Å²) in [6.45, 7) is 6.64. The molecule has 26 heavy (non-hydrogen) atoms. The predicted octanol–water partition coefficient (Wildman–Crippen LogP) is 3.93. The van der Waals surface area contributed by atoms with Gasteiger partial charge in [0.25, 0.3) is 5.91 Å². The lowest BCUT2D eigenvalue weighted by molar-refractivity contribution is 0.0934. The number of rotatable bonds is 5. The van der Waals surface area contributed by atoms with Gasteiger partial charge in [-0.3, -0.25) is 9.69 Å². The van der Waals surface area contributed by atoms with Crippen LogP contribution in [0.4, 0.5) is 5.69 Å². The van der Waals surface area contributed by atoms with Crippen LogP contribution in [0.2, 0.25) is 10.0 Å². The number of nitrogens with zero attached hydrogens (tertiary/aromatic N) is 2. The normalized spacial score (nSPS) is 16.3. The Bertz CT molecular complexity index is 746. The third kappa shape index (κ3) is 4.50. The second-order valence-electron chi connectivity index (χ2n) is 6.52. The molecule has 4 nitrogen and oxygen atoms in total. The van der Waals surface area contributed by atoms with Gasteiger partial charge in [0.1, 0.15) is 0 Å². The van der Waals surface area contributed by atoms with Gasteiger partial charge in [-0.2, -0.15) is 0 Å². The summed E-state index contributed by atoms with van der Waals surface area (Å²) in [6.07, 6.45) is 0. The Kier molecular flexibility index (Phi) is 6.41. The van der Waals surface area contributed by atoms with Gasteiger partial charge in [0.05, 0.1) is 15.6 Å². The van der Waals surface area contributed by atoms with Crippen LogP contribution in [0.5, 0.6) is 0 Å². The molecule has 2 aromatic rings. The predicted molar refractivity (Wildman–Crippen MR) is 108 cm³/mol. The molecule has 138 valence electrons. The molecule has 0 bridgehead atoms. The van der Waals surface area contributed by atoms with Crippen LogP contribution in [0.25, 0.3) is 0 Å². The number of piperazine rings is 1. The van der Waals surface area contributed by atoms with Crippen molar-refractivity contribution >= 4 is 34.8 Å². The highest BCUT2D eigenvalue weighted by molar-refractivity contribution is 6.43. The molecule has 1 N–H and O–H groups in total. The number of anilines is 1. The molecular weight excluding hydrogens is 369 g/mol. The van der Waals surface area contributed by atoms with Crippen molar-refractivity contribution in [3.8, 4) is 0 Å². The van der Waals surface area contributed by atoms with Crippen LogP contribution >= 0.6 is 23.2 Å². The van der Waals surface area contributed by atoms with E-state index in [1.807, 2.05) is 6.07 Å². The Balaban J connectivity index is 1.49. The smallest absolute Gasteiger partial charge is 0.252 e. The number of hydrogen-bond acceptors (Lipinski definition) is 3. The van der Waals surface area contributed by atoms with Gasteiger partial charge in [0, 0.05) is 44.5 Å². The third-order valence-corrected chi connectivity index (χ3v) is 5.63. The van der Waals surface area contributed by atoms with Gasteiger partial charge in [-0.15, -0.1) is 0 Å². The van der Waals surface area contributed by atoms with Crippen LogP contribution in [-0.4, -0.2) is 49.6 Å². The molecule has 1 aliphatic rings. The lowest BCUT2D eigenvalue weighted by Gasteiger charge is -2.39. The maximum absolute atomic E-state index is 12.4. The SMILES string of the molecule is CC(CNC(=O)c1cccc(Cl)c1Cl)N1CCN(c2ccccc2)CC1. The largest absolute Gasteiger partial charge is 0.369 e. The summed E-state index contributed by atoms with van der Waals surface area (Å²) in [5, 5.41) is 3.66. The number of para-hydroxylation sites is 1. The molecule has 0 aromatic heterocycles. The standard InChI is InChI=1S/C20H23Cl2N3O/c1-15(14-23-20(26)17-8-5-9-18(21)19(17)22)24-10-12-25(13-11-24)16-6-3-2-4-7-16/h2-9,15H,10-14H2,1H3,(H,23,26). The highest BCUT2D eigenvalue weighted by Gasteiger charge is 2.22. The third-order valence-electron chi connectivity index (χ3n) is 4.81. The zero-order chi connectivity index (χ0) is 18.5. The van der Waals surface area contributed by atoms with Gasteiger partial charge >= 0.3 is 0 Å². The maximum atomic E-state index is 12.4. The molecule has 0 radical (unpaired) electrons. The van der Waals surface area contributed by atoms with Gasteiger partial charge in [-0.1, -0.05) is 47.5 Å².